The number of hydrogen-bond acceptors (Lipinski definition) is 6. The summed E-state index contributed by atoms with van der Waals surface area (Å²) in [6.07, 6.45) is 8.70. The van der Waals surface area contributed by atoms with Gasteiger partial charge in [-0.3, -0.25) is 4.79 Å². The summed E-state index contributed by atoms with van der Waals surface area (Å²) >= 11 is 0. The molecule has 8 heteroatoms. The van der Waals surface area contributed by atoms with Gasteiger partial charge in [0.25, 0.3) is 8.32 Å². The molecule has 0 radical (unpaired) electrons. The van der Waals surface area contributed by atoms with Crippen LogP contribution in [0.15, 0.2) is 72.8 Å². The monoisotopic (exact) mass is 692 g/mol. The summed E-state index contributed by atoms with van der Waals surface area (Å²) < 4.78 is 26.8. The Labute approximate surface area is 292 Å². The first-order valence-electron chi connectivity index (χ1n) is 18.0. The third kappa shape index (κ3) is 9.73. The normalized spacial score (nSPS) is 25.5. The van der Waals surface area contributed by atoms with Crippen LogP contribution >= 0.6 is 0 Å². The molecule has 1 aliphatic carbocycles. The Morgan fingerprint density at radius 2 is 1.48 bits per heavy atom. The first-order valence-corrected chi connectivity index (χ1v) is 23.3. The minimum absolute atomic E-state index is 0.00590. The van der Waals surface area contributed by atoms with E-state index in [4.69, 9.17) is 18.3 Å². The Hall–Kier alpha value is -2.21. The summed E-state index contributed by atoms with van der Waals surface area (Å²) in [6, 6.07) is 21.5. The molecule has 0 N–H and O–H groups in total. The molecule has 1 heterocycles. The molecule has 48 heavy (non-hydrogen) atoms. The Kier molecular flexibility index (Phi) is 13.0. The van der Waals surface area contributed by atoms with Gasteiger partial charge in [-0.2, -0.15) is 0 Å². The van der Waals surface area contributed by atoms with Crippen molar-refractivity contribution >= 4 is 39.1 Å². The molecule has 2 aromatic rings. The van der Waals surface area contributed by atoms with Crippen LogP contribution in [0.3, 0.4) is 0 Å². The fraction of sp³-hybridized carbons (Fsp3) is 0.600. The molecule has 0 amide bonds. The van der Waals surface area contributed by atoms with Crippen molar-refractivity contribution in [1.82, 2.24) is 0 Å². The van der Waals surface area contributed by atoms with Gasteiger partial charge in [0.2, 0.25) is 0 Å². The van der Waals surface area contributed by atoms with E-state index < -0.39 is 22.4 Å². The van der Waals surface area contributed by atoms with Crippen LogP contribution in [0.25, 0.3) is 0 Å². The molecule has 0 aromatic heterocycles. The van der Waals surface area contributed by atoms with Crippen LogP contribution in [0, 0.1) is 17.8 Å². The van der Waals surface area contributed by atoms with Crippen LogP contribution < -0.4 is 10.4 Å². The van der Waals surface area contributed by atoms with Gasteiger partial charge in [-0.1, -0.05) is 94.4 Å². The Morgan fingerprint density at radius 1 is 0.917 bits per heavy atom. The lowest BCUT2D eigenvalue weighted by atomic mass is 9.70. The third-order valence-corrected chi connectivity index (χ3v) is 16.0. The van der Waals surface area contributed by atoms with Crippen molar-refractivity contribution in [2.75, 3.05) is 6.61 Å². The van der Waals surface area contributed by atoms with E-state index in [2.05, 4.69) is 114 Å². The number of allylic oxidation sites excluding steroid dienone is 2. The van der Waals surface area contributed by atoms with Crippen LogP contribution in [-0.2, 0) is 27.9 Å². The second-order valence-corrected chi connectivity index (χ2v) is 25.1. The standard InChI is InChI=1S/C40H60O6Si2/c1-30-22-25-36(42)38(37(21-16-27-41)46-47(7,8)9)35(30)24-23-31-29-32(45-40(5,6)44-31)26-28-43-48(39(2,3)4,33-17-12-10-13-18-33)34-19-14-11-15-20-34/h10-15,17-20,22,25,27,30-32,35,37-38H,16,21,23-24,26,28-29H2,1-9H3/t30-,31+,32-,35-,37+,38+/m0/s1. The van der Waals surface area contributed by atoms with Crippen LogP contribution in [0.4, 0.5) is 0 Å². The smallest absolute Gasteiger partial charge is 0.261 e. The molecule has 2 aromatic carbocycles. The van der Waals surface area contributed by atoms with Crippen molar-refractivity contribution in [3.8, 4) is 0 Å². The highest BCUT2D eigenvalue weighted by Gasteiger charge is 2.50. The minimum atomic E-state index is -2.64. The number of ether oxygens (including phenoxy) is 2. The number of carbonyl (C=O) groups excluding carboxylic acids is 2. The van der Waals surface area contributed by atoms with Crippen molar-refractivity contribution < 1.29 is 27.9 Å². The van der Waals surface area contributed by atoms with Crippen molar-refractivity contribution in [1.29, 1.82) is 0 Å². The first kappa shape index (κ1) is 38.6. The zero-order valence-corrected chi connectivity index (χ0v) is 32.9. The van der Waals surface area contributed by atoms with Gasteiger partial charge < -0.3 is 23.1 Å². The minimum Gasteiger partial charge on any atom is -0.414 e. The van der Waals surface area contributed by atoms with Crippen LogP contribution in [0.2, 0.25) is 24.7 Å². The molecule has 264 valence electrons. The van der Waals surface area contributed by atoms with E-state index in [1.165, 1.54) is 10.4 Å². The first-order chi connectivity index (χ1) is 22.6. The highest BCUT2D eigenvalue weighted by molar-refractivity contribution is 6.99. The molecule has 0 saturated carbocycles. The number of aldehydes is 1. The lowest BCUT2D eigenvalue weighted by Gasteiger charge is -2.45. The molecule has 0 bridgehead atoms. The fourth-order valence-electron chi connectivity index (χ4n) is 7.99. The topological polar surface area (TPSA) is 71.1 Å². The maximum absolute atomic E-state index is 13.4. The molecular weight excluding hydrogens is 633 g/mol. The molecular formula is C40H60O6Si2. The SMILES string of the molecule is C[C@H]1C=CC(=O)[C@H]([C@@H](CCC=O)O[Si](C)(C)C)[C@H]1CC[C@@H]1C[C@H](CCO[Si](c2ccccc2)(c2ccccc2)C(C)(C)C)OC(C)(C)O1. The van der Waals surface area contributed by atoms with Gasteiger partial charge in [0.1, 0.15) is 6.29 Å². The van der Waals surface area contributed by atoms with Crippen LogP contribution in [-0.4, -0.2) is 59.4 Å². The molecule has 1 aliphatic heterocycles. The van der Waals surface area contributed by atoms with Crippen molar-refractivity contribution in [2.24, 2.45) is 17.8 Å². The maximum atomic E-state index is 13.4. The summed E-state index contributed by atoms with van der Waals surface area (Å²) in [4.78, 5) is 24.8. The number of ketones is 1. The van der Waals surface area contributed by atoms with Crippen molar-refractivity contribution in [3.05, 3.63) is 72.8 Å². The fourth-order valence-corrected chi connectivity index (χ4v) is 13.7. The van der Waals surface area contributed by atoms with Gasteiger partial charge in [-0.05, 0) is 92.5 Å². The van der Waals surface area contributed by atoms with Gasteiger partial charge in [-0.25, -0.2) is 0 Å². The lowest BCUT2D eigenvalue weighted by Crippen LogP contribution is -2.66. The summed E-state index contributed by atoms with van der Waals surface area (Å²) in [5.74, 6) is -0.479. The molecule has 2 aliphatic rings. The van der Waals surface area contributed by atoms with E-state index in [-0.39, 0.29) is 46.9 Å². The predicted molar refractivity (Wildman–Crippen MR) is 200 cm³/mol. The van der Waals surface area contributed by atoms with E-state index in [0.717, 1.165) is 32.0 Å². The van der Waals surface area contributed by atoms with E-state index in [9.17, 15) is 9.59 Å². The Morgan fingerprint density at radius 3 is 2.00 bits per heavy atom. The molecule has 6 nitrogen and oxygen atoms in total. The van der Waals surface area contributed by atoms with E-state index in [1.54, 1.807) is 6.08 Å². The van der Waals surface area contributed by atoms with Crippen LogP contribution in [0.5, 0.6) is 0 Å². The molecule has 6 atom stereocenters. The summed E-state index contributed by atoms with van der Waals surface area (Å²) in [5, 5.41) is 2.47. The van der Waals surface area contributed by atoms with Gasteiger partial charge >= 0.3 is 0 Å². The Bertz CT molecular complexity index is 1310. The molecule has 0 unspecified atom stereocenters. The van der Waals surface area contributed by atoms with E-state index in [1.807, 2.05) is 13.8 Å². The molecule has 0 spiro atoms. The second kappa shape index (κ2) is 16.2. The van der Waals surface area contributed by atoms with E-state index >= 15 is 0 Å². The van der Waals surface area contributed by atoms with Crippen molar-refractivity contribution in [2.45, 2.75) is 129 Å². The Balaban J connectivity index is 1.49. The summed E-state index contributed by atoms with van der Waals surface area (Å²) in [7, 11) is -4.58. The average Bonchev–Trinajstić information content (AvgIpc) is 3.01. The summed E-state index contributed by atoms with van der Waals surface area (Å²) in [6.45, 7) is 20.2. The highest BCUT2D eigenvalue weighted by atomic mass is 28.4. The van der Waals surface area contributed by atoms with Gasteiger partial charge in [-0.15, -0.1) is 0 Å². The van der Waals surface area contributed by atoms with Crippen molar-refractivity contribution in [3.63, 3.8) is 0 Å². The maximum Gasteiger partial charge on any atom is 0.261 e. The quantitative estimate of drug-likeness (QED) is 0.140. The van der Waals surface area contributed by atoms with Gasteiger partial charge in [0, 0.05) is 19.4 Å². The number of benzene rings is 2. The van der Waals surface area contributed by atoms with E-state index in [0.29, 0.717) is 19.4 Å². The molecule has 1 saturated heterocycles. The summed E-state index contributed by atoms with van der Waals surface area (Å²) in [5.41, 5.74) is 0. The highest BCUT2D eigenvalue weighted by Crippen LogP contribution is 2.40. The van der Waals surface area contributed by atoms with Gasteiger partial charge in [0.05, 0.1) is 24.2 Å². The number of rotatable bonds is 15. The third-order valence-electron chi connectivity index (χ3n) is 9.93. The average molecular weight is 693 g/mol. The zero-order valence-electron chi connectivity index (χ0n) is 30.9. The van der Waals surface area contributed by atoms with Crippen LogP contribution in [0.1, 0.15) is 80.1 Å². The lowest BCUT2D eigenvalue weighted by molar-refractivity contribution is -0.302. The number of carbonyl (C=O) groups is 2. The molecule has 4 rings (SSSR count). The largest absolute Gasteiger partial charge is 0.414 e. The number of hydrogen-bond donors (Lipinski definition) is 0. The molecule has 1 fully saturated rings. The van der Waals surface area contributed by atoms with Gasteiger partial charge in [0.15, 0.2) is 19.9 Å². The second-order valence-electron chi connectivity index (χ2n) is 16.3. The predicted octanol–water partition coefficient (Wildman–Crippen LogP) is 7.85. The zero-order chi connectivity index (χ0) is 35.2.